The number of hydrogen-bond donors (Lipinski definition) is 1. The summed E-state index contributed by atoms with van der Waals surface area (Å²) in [5.41, 5.74) is -0.278. The van der Waals surface area contributed by atoms with Gasteiger partial charge in [0.1, 0.15) is 5.82 Å². The highest BCUT2D eigenvalue weighted by Gasteiger charge is 2.58. The van der Waals surface area contributed by atoms with Crippen molar-refractivity contribution in [3.05, 3.63) is 47.9 Å². The summed E-state index contributed by atoms with van der Waals surface area (Å²) < 4.78 is 61.2. The Labute approximate surface area is 226 Å². The third-order valence-electron chi connectivity index (χ3n) is 8.57. The molecule has 2 saturated heterocycles. The van der Waals surface area contributed by atoms with Crippen LogP contribution in [0.15, 0.2) is 36.5 Å². The van der Waals surface area contributed by atoms with Crippen LogP contribution in [0.4, 0.5) is 17.6 Å². The lowest BCUT2D eigenvalue weighted by atomic mass is 9.67. The lowest BCUT2D eigenvalue weighted by molar-refractivity contribution is -0.256. The second kappa shape index (κ2) is 11.4. The molecule has 1 aromatic heterocycles. The predicted molar refractivity (Wildman–Crippen MR) is 138 cm³/mol. The number of pyridine rings is 1. The Kier molecular flexibility index (Phi) is 8.14. The van der Waals surface area contributed by atoms with Gasteiger partial charge in [0.2, 0.25) is 5.88 Å². The molecule has 0 spiro atoms. The maximum Gasteiger partial charge on any atom is 0.395 e. The van der Waals surface area contributed by atoms with Gasteiger partial charge in [-0.2, -0.15) is 13.2 Å². The first-order chi connectivity index (χ1) is 18.6. The zero-order valence-corrected chi connectivity index (χ0v) is 21.9. The van der Waals surface area contributed by atoms with Gasteiger partial charge in [-0.3, -0.25) is 4.79 Å². The monoisotopic (exact) mass is 549 g/mol. The molecule has 0 bridgehead atoms. The third kappa shape index (κ3) is 6.22. The van der Waals surface area contributed by atoms with E-state index in [1.54, 1.807) is 24.4 Å². The van der Waals surface area contributed by atoms with Gasteiger partial charge >= 0.3 is 6.18 Å². The second-order valence-corrected chi connectivity index (χ2v) is 11.3. The molecule has 1 aromatic carbocycles. The minimum atomic E-state index is -4.13. The van der Waals surface area contributed by atoms with Gasteiger partial charge in [0, 0.05) is 37.5 Å². The molecule has 1 N–H and O–H groups in total. The number of benzene rings is 1. The lowest BCUT2D eigenvalue weighted by Gasteiger charge is -2.47. The molecule has 5 rings (SSSR count). The first kappa shape index (κ1) is 27.8. The highest BCUT2D eigenvalue weighted by Crippen LogP contribution is 2.53. The van der Waals surface area contributed by atoms with Crippen molar-refractivity contribution in [1.82, 2.24) is 14.8 Å². The number of alkyl halides is 3. The largest absolute Gasteiger partial charge is 0.477 e. The average Bonchev–Trinajstić information content (AvgIpc) is 2.89. The quantitative estimate of drug-likeness (QED) is 0.475. The normalized spacial score (nSPS) is 22.4. The standard InChI is InChI=1S/C29H35F4N3O3/c30-25-15-21(4-6-24(25)27(38)36-12-1-3-23(37)17-36)22-5-7-26(34-16-22)39-18-20-8-13-35(14-9-20)19-28(10-2-11-28)29(31,32)33/h4-7,15-16,20,23,37H,1-3,8-14,17-19H2. The summed E-state index contributed by atoms with van der Waals surface area (Å²) in [5, 5.41) is 9.81. The number of hydrogen-bond acceptors (Lipinski definition) is 5. The van der Waals surface area contributed by atoms with Crippen LogP contribution in [-0.4, -0.2) is 77.4 Å². The number of aliphatic hydroxyl groups excluding tert-OH is 1. The Morgan fingerprint density at radius 3 is 2.38 bits per heavy atom. The zero-order valence-electron chi connectivity index (χ0n) is 21.9. The van der Waals surface area contributed by atoms with E-state index < -0.39 is 29.4 Å². The van der Waals surface area contributed by atoms with E-state index in [0.717, 1.165) is 12.8 Å². The van der Waals surface area contributed by atoms with Gasteiger partial charge < -0.3 is 19.6 Å². The van der Waals surface area contributed by atoms with Crippen molar-refractivity contribution in [3.63, 3.8) is 0 Å². The summed E-state index contributed by atoms with van der Waals surface area (Å²) in [5.74, 6) is -0.357. The number of ether oxygens (including phenoxy) is 1. The molecule has 2 aliphatic heterocycles. The Hall–Kier alpha value is -2.72. The number of amides is 1. The van der Waals surface area contributed by atoms with Crippen LogP contribution in [0.2, 0.25) is 0 Å². The van der Waals surface area contributed by atoms with E-state index in [4.69, 9.17) is 4.74 Å². The number of nitrogens with zero attached hydrogens (tertiary/aromatic N) is 3. The van der Waals surface area contributed by atoms with E-state index in [2.05, 4.69) is 4.98 Å². The number of aromatic nitrogens is 1. The van der Waals surface area contributed by atoms with Gasteiger partial charge in [-0.1, -0.05) is 12.5 Å². The van der Waals surface area contributed by atoms with Gasteiger partial charge in [-0.05, 0) is 81.3 Å². The van der Waals surface area contributed by atoms with Gasteiger partial charge in [0.25, 0.3) is 5.91 Å². The molecule has 1 atom stereocenters. The van der Waals surface area contributed by atoms with Crippen molar-refractivity contribution in [2.75, 3.05) is 39.3 Å². The molecule has 1 amide bonds. The van der Waals surface area contributed by atoms with Crippen LogP contribution in [0, 0.1) is 17.2 Å². The molecule has 1 unspecified atom stereocenters. The van der Waals surface area contributed by atoms with Crippen molar-refractivity contribution in [2.24, 2.45) is 11.3 Å². The van der Waals surface area contributed by atoms with Crippen LogP contribution in [0.3, 0.4) is 0 Å². The molecule has 0 radical (unpaired) electrons. The fraction of sp³-hybridized carbons (Fsp3) is 0.586. The Bertz CT molecular complexity index is 1150. The maximum atomic E-state index is 14.8. The van der Waals surface area contributed by atoms with Crippen LogP contribution in [0.25, 0.3) is 11.1 Å². The summed E-state index contributed by atoms with van der Waals surface area (Å²) in [7, 11) is 0. The Morgan fingerprint density at radius 1 is 1.05 bits per heavy atom. The number of aliphatic hydroxyl groups is 1. The smallest absolute Gasteiger partial charge is 0.395 e. The molecule has 2 aromatic rings. The zero-order chi connectivity index (χ0) is 27.6. The number of likely N-dealkylation sites (tertiary alicyclic amines) is 2. The molecule has 1 aliphatic carbocycles. The van der Waals surface area contributed by atoms with Crippen LogP contribution in [-0.2, 0) is 0 Å². The minimum absolute atomic E-state index is 0.0203. The van der Waals surface area contributed by atoms with E-state index in [1.165, 1.54) is 17.0 Å². The van der Waals surface area contributed by atoms with Crippen LogP contribution in [0.5, 0.6) is 5.88 Å². The number of halogens is 4. The molecule has 39 heavy (non-hydrogen) atoms. The summed E-state index contributed by atoms with van der Waals surface area (Å²) in [4.78, 5) is 20.5. The van der Waals surface area contributed by atoms with Crippen LogP contribution >= 0.6 is 0 Å². The highest BCUT2D eigenvalue weighted by atomic mass is 19.4. The lowest BCUT2D eigenvalue weighted by Crippen LogP contribution is -2.53. The van der Waals surface area contributed by atoms with Crippen LogP contribution < -0.4 is 4.74 Å². The van der Waals surface area contributed by atoms with Gasteiger partial charge in [0.15, 0.2) is 0 Å². The van der Waals surface area contributed by atoms with E-state index in [-0.39, 0.29) is 37.4 Å². The molecule has 3 fully saturated rings. The van der Waals surface area contributed by atoms with Gasteiger partial charge in [-0.15, -0.1) is 0 Å². The molecule has 10 heteroatoms. The number of carbonyl (C=O) groups is 1. The first-order valence-corrected chi connectivity index (χ1v) is 13.8. The summed E-state index contributed by atoms with van der Waals surface area (Å²) in [6, 6.07) is 7.93. The highest BCUT2D eigenvalue weighted by molar-refractivity contribution is 5.95. The van der Waals surface area contributed by atoms with Crippen LogP contribution in [0.1, 0.15) is 55.3 Å². The molecule has 3 heterocycles. The average molecular weight is 550 g/mol. The first-order valence-electron chi connectivity index (χ1n) is 13.8. The second-order valence-electron chi connectivity index (χ2n) is 11.3. The molecular formula is C29H35F4N3O3. The van der Waals surface area contributed by atoms with Crippen molar-refractivity contribution >= 4 is 5.91 Å². The van der Waals surface area contributed by atoms with E-state index in [9.17, 15) is 27.5 Å². The fourth-order valence-electron chi connectivity index (χ4n) is 5.89. The summed E-state index contributed by atoms with van der Waals surface area (Å²) in [6.45, 7) is 2.54. The van der Waals surface area contributed by atoms with Gasteiger partial charge in [-0.25, -0.2) is 9.37 Å². The molecule has 1 saturated carbocycles. The maximum absolute atomic E-state index is 14.8. The number of carbonyl (C=O) groups excluding carboxylic acids is 1. The minimum Gasteiger partial charge on any atom is -0.477 e. The number of β-amino-alcohol motifs (C(OH)–C–C–N with tert-alkyl or cyclic N) is 1. The number of piperidine rings is 2. The predicted octanol–water partition coefficient (Wildman–Crippen LogP) is 5.31. The molecule has 6 nitrogen and oxygen atoms in total. The molecule has 3 aliphatic rings. The van der Waals surface area contributed by atoms with Crippen molar-refractivity contribution in [3.8, 4) is 17.0 Å². The van der Waals surface area contributed by atoms with E-state index in [0.29, 0.717) is 62.5 Å². The SMILES string of the molecule is O=C(c1ccc(-c2ccc(OCC3CCN(CC4(C(F)(F)F)CCC4)CC3)nc2)cc1F)N1CCCC(O)C1. The summed E-state index contributed by atoms with van der Waals surface area (Å²) >= 11 is 0. The number of rotatable bonds is 7. The van der Waals surface area contributed by atoms with Crippen molar-refractivity contribution < 1.29 is 32.2 Å². The van der Waals surface area contributed by atoms with E-state index >= 15 is 0 Å². The summed E-state index contributed by atoms with van der Waals surface area (Å²) in [6.07, 6.45) is 0.903. The van der Waals surface area contributed by atoms with Crippen molar-refractivity contribution in [1.29, 1.82) is 0 Å². The topological polar surface area (TPSA) is 65.9 Å². The van der Waals surface area contributed by atoms with Crippen molar-refractivity contribution in [2.45, 2.75) is 57.2 Å². The molecular weight excluding hydrogens is 514 g/mol. The third-order valence-corrected chi connectivity index (χ3v) is 8.57. The van der Waals surface area contributed by atoms with Gasteiger partial charge in [0.05, 0.1) is 23.7 Å². The fourth-order valence-corrected chi connectivity index (χ4v) is 5.89. The Balaban J connectivity index is 1.11. The molecule has 212 valence electrons. The Morgan fingerprint density at radius 2 is 1.79 bits per heavy atom. The van der Waals surface area contributed by atoms with E-state index in [1.807, 2.05) is 4.90 Å².